The number of carbonyl (C=O) groups excluding carboxylic acids is 1. The van der Waals surface area contributed by atoms with Gasteiger partial charge in [-0.05, 0) is 31.0 Å². The van der Waals surface area contributed by atoms with Crippen molar-refractivity contribution in [2.24, 2.45) is 0 Å². The Bertz CT molecular complexity index is 627. The topological polar surface area (TPSA) is 78.9 Å². The van der Waals surface area contributed by atoms with E-state index in [1.54, 1.807) is 12.1 Å². The van der Waals surface area contributed by atoms with Gasteiger partial charge in [-0.3, -0.25) is 15.1 Å². The predicted octanol–water partition coefficient (Wildman–Crippen LogP) is 0.999. The van der Waals surface area contributed by atoms with Gasteiger partial charge in [0.05, 0.1) is 12.0 Å². The van der Waals surface area contributed by atoms with Gasteiger partial charge in [0.1, 0.15) is 0 Å². The van der Waals surface area contributed by atoms with Gasteiger partial charge in [-0.15, -0.1) is 0 Å². The smallest absolute Gasteiger partial charge is 0.265 e. The van der Waals surface area contributed by atoms with Crippen molar-refractivity contribution in [3.05, 3.63) is 29.8 Å². The van der Waals surface area contributed by atoms with Crippen LogP contribution in [0.2, 0.25) is 0 Å². The molecule has 0 aliphatic carbocycles. The Morgan fingerprint density at radius 2 is 1.95 bits per heavy atom. The number of rotatable bonds is 5. The molecule has 122 valence electrons. The Kier molecular flexibility index (Phi) is 5.52. The van der Waals surface area contributed by atoms with E-state index in [2.05, 4.69) is 5.43 Å². The average Bonchev–Trinajstić information content (AvgIpc) is 2.55. The lowest BCUT2D eigenvalue weighted by Crippen LogP contribution is -2.45. The summed E-state index contributed by atoms with van der Waals surface area (Å²) in [6, 6.07) is 5.92. The zero-order chi connectivity index (χ0) is 16.2. The number of nitrogens with zero attached hydrogens (tertiary/aromatic N) is 2. The molecule has 1 N–H and O–H groups in total. The number of amides is 1. The molecular weight excluding hydrogens is 306 g/mol. The number of hydrogen-bond donors (Lipinski definition) is 1. The highest BCUT2D eigenvalue weighted by molar-refractivity contribution is 7.89. The van der Waals surface area contributed by atoms with Gasteiger partial charge in [0, 0.05) is 25.7 Å². The molecule has 1 aliphatic rings. The first kappa shape index (κ1) is 16.9. The molecule has 1 amide bonds. The van der Waals surface area contributed by atoms with E-state index in [0.29, 0.717) is 5.56 Å². The second-order valence-electron chi connectivity index (χ2n) is 5.11. The van der Waals surface area contributed by atoms with Gasteiger partial charge in [-0.2, -0.15) is 0 Å². The number of carbonyl (C=O) groups is 1. The van der Waals surface area contributed by atoms with Crippen LogP contribution in [0.3, 0.4) is 0 Å². The monoisotopic (exact) mass is 327 g/mol. The summed E-state index contributed by atoms with van der Waals surface area (Å²) < 4.78 is 25.1. The minimum Gasteiger partial charge on any atom is -0.288 e. The molecule has 0 bridgehead atoms. The Labute approximate surface area is 130 Å². The number of hydrazine groups is 1. The van der Waals surface area contributed by atoms with Crippen molar-refractivity contribution in [1.29, 1.82) is 0 Å². The van der Waals surface area contributed by atoms with Gasteiger partial charge in [0.2, 0.25) is 0 Å². The first-order chi connectivity index (χ1) is 10.4. The largest absolute Gasteiger partial charge is 0.288 e. The highest BCUT2D eigenvalue weighted by atomic mass is 32.2. The summed E-state index contributed by atoms with van der Waals surface area (Å²) in [5, 5.41) is 1.87. The first-order valence-corrected chi connectivity index (χ1v) is 8.58. The third-order valence-corrected chi connectivity index (χ3v) is 5.28. The molecule has 1 fully saturated rings. The van der Waals surface area contributed by atoms with Crippen LogP contribution < -0.4 is 5.43 Å². The van der Waals surface area contributed by atoms with Gasteiger partial charge in [-0.1, -0.05) is 17.0 Å². The summed E-state index contributed by atoms with van der Waals surface area (Å²) in [5.41, 5.74) is 3.11. The molecule has 1 aromatic carbocycles. The van der Waals surface area contributed by atoms with Gasteiger partial charge < -0.3 is 0 Å². The Hall–Kier alpha value is -1.48. The number of benzene rings is 1. The molecular formula is C14H21N3O4S. The minimum absolute atomic E-state index is 0.0168. The van der Waals surface area contributed by atoms with Gasteiger partial charge >= 0.3 is 0 Å². The summed E-state index contributed by atoms with van der Waals surface area (Å²) in [6.45, 7) is 1.63. The predicted molar refractivity (Wildman–Crippen MR) is 81.3 cm³/mol. The van der Waals surface area contributed by atoms with Crippen molar-refractivity contribution in [3.8, 4) is 0 Å². The molecule has 0 unspecified atom stereocenters. The zero-order valence-electron chi connectivity index (χ0n) is 12.8. The number of hydrogen-bond acceptors (Lipinski definition) is 5. The van der Waals surface area contributed by atoms with Gasteiger partial charge in [-0.25, -0.2) is 13.4 Å². The fourth-order valence-corrected chi connectivity index (χ4v) is 3.28. The van der Waals surface area contributed by atoms with E-state index in [4.69, 9.17) is 4.84 Å². The van der Waals surface area contributed by atoms with Crippen molar-refractivity contribution in [2.75, 3.05) is 27.2 Å². The van der Waals surface area contributed by atoms with E-state index < -0.39 is 10.0 Å². The van der Waals surface area contributed by atoms with Crippen molar-refractivity contribution in [3.63, 3.8) is 0 Å². The maximum absolute atomic E-state index is 12.2. The molecule has 0 saturated carbocycles. The molecule has 1 heterocycles. The van der Waals surface area contributed by atoms with Crippen LogP contribution >= 0.6 is 0 Å². The number of sulfonamides is 1. The standard InChI is InChI=1S/C14H21N3O4S/c1-16(21-2)22(19,20)13-8-6-7-12(11-13)14(18)15-17-9-4-3-5-10-17/h6-8,11H,3-5,9-10H2,1-2H3,(H,15,18). The van der Waals surface area contributed by atoms with Crippen LogP contribution in [0.15, 0.2) is 29.2 Å². The minimum atomic E-state index is -3.76. The van der Waals surface area contributed by atoms with Crippen molar-refractivity contribution in [1.82, 2.24) is 14.9 Å². The summed E-state index contributed by atoms with van der Waals surface area (Å²) in [6.07, 6.45) is 3.27. The Morgan fingerprint density at radius 1 is 1.27 bits per heavy atom. The molecule has 22 heavy (non-hydrogen) atoms. The molecule has 1 saturated heterocycles. The maximum Gasteiger partial charge on any atom is 0.265 e. The molecule has 8 heteroatoms. The van der Waals surface area contributed by atoms with E-state index >= 15 is 0 Å². The molecule has 0 atom stereocenters. The van der Waals surface area contributed by atoms with Crippen molar-refractivity contribution >= 4 is 15.9 Å². The summed E-state index contributed by atoms with van der Waals surface area (Å²) >= 11 is 0. The van der Waals surface area contributed by atoms with Crippen LogP contribution in [0, 0.1) is 0 Å². The third kappa shape index (κ3) is 3.83. The van der Waals surface area contributed by atoms with Crippen molar-refractivity contribution < 1.29 is 18.0 Å². The molecule has 0 radical (unpaired) electrons. The van der Waals surface area contributed by atoms with E-state index in [-0.39, 0.29) is 10.8 Å². The fourth-order valence-electron chi connectivity index (χ4n) is 2.26. The number of nitrogens with one attached hydrogen (secondary N) is 1. The lowest BCUT2D eigenvalue weighted by atomic mass is 10.1. The highest BCUT2D eigenvalue weighted by Gasteiger charge is 2.22. The molecule has 0 aromatic heterocycles. The molecule has 1 aliphatic heterocycles. The molecule has 2 rings (SSSR count). The molecule has 7 nitrogen and oxygen atoms in total. The quantitative estimate of drug-likeness (QED) is 0.816. The van der Waals surface area contributed by atoms with Crippen LogP contribution in [0.1, 0.15) is 29.6 Å². The first-order valence-electron chi connectivity index (χ1n) is 7.14. The van der Waals surface area contributed by atoms with E-state index in [0.717, 1.165) is 30.4 Å². The lowest BCUT2D eigenvalue weighted by Gasteiger charge is -2.26. The van der Waals surface area contributed by atoms with Gasteiger partial charge in [0.15, 0.2) is 0 Å². The van der Waals surface area contributed by atoms with Crippen LogP contribution in [0.5, 0.6) is 0 Å². The van der Waals surface area contributed by atoms with Crippen LogP contribution in [0.4, 0.5) is 0 Å². The highest BCUT2D eigenvalue weighted by Crippen LogP contribution is 2.16. The second kappa shape index (κ2) is 7.19. The fraction of sp³-hybridized carbons (Fsp3) is 0.500. The Morgan fingerprint density at radius 3 is 2.59 bits per heavy atom. The normalized spacial score (nSPS) is 16.7. The second-order valence-corrected chi connectivity index (χ2v) is 7.05. The zero-order valence-corrected chi connectivity index (χ0v) is 13.6. The number of piperidine rings is 1. The lowest BCUT2D eigenvalue weighted by molar-refractivity contribution is -0.0258. The third-order valence-electron chi connectivity index (χ3n) is 3.61. The summed E-state index contributed by atoms with van der Waals surface area (Å²) in [4.78, 5) is 17.0. The van der Waals surface area contributed by atoms with Crippen LogP contribution in [-0.4, -0.2) is 51.0 Å². The Balaban J connectivity index is 2.15. The summed E-state index contributed by atoms with van der Waals surface area (Å²) in [7, 11) is -1.19. The van der Waals surface area contributed by atoms with Crippen molar-refractivity contribution in [2.45, 2.75) is 24.2 Å². The number of hydroxylamine groups is 1. The van der Waals surface area contributed by atoms with Crippen LogP contribution in [-0.2, 0) is 14.9 Å². The van der Waals surface area contributed by atoms with E-state index in [1.165, 1.54) is 32.7 Å². The van der Waals surface area contributed by atoms with E-state index in [1.807, 2.05) is 5.01 Å². The molecule has 0 spiro atoms. The van der Waals surface area contributed by atoms with E-state index in [9.17, 15) is 13.2 Å². The molecule has 1 aromatic rings. The maximum atomic E-state index is 12.2. The van der Waals surface area contributed by atoms with Crippen LogP contribution in [0.25, 0.3) is 0 Å². The van der Waals surface area contributed by atoms with Gasteiger partial charge in [0.25, 0.3) is 15.9 Å². The average molecular weight is 327 g/mol. The summed E-state index contributed by atoms with van der Waals surface area (Å²) in [5.74, 6) is -0.306. The SMILES string of the molecule is CON(C)S(=O)(=O)c1cccc(C(=O)NN2CCCCC2)c1.